The number of benzene rings is 2. The van der Waals surface area contributed by atoms with Gasteiger partial charge in [0.25, 0.3) is 0 Å². The third-order valence-corrected chi connectivity index (χ3v) is 3.18. The van der Waals surface area contributed by atoms with Gasteiger partial charge in [0.15, 0.2) is 0 Å². The molecule has 19 heavy (non-hydrogen) atoms. The molecule has 0 aliphatic carbocycles. The summed E-state index contributed by atoms with van der Waals surface area (Å²) in [5.74, 6) is 0.0918. The first-order valence-electron chi connectivity index (χ1n) is 5.38. The summed E-state index contributed by atoms with van der Waals surface area (Å²) in [5, 5.41) is 31.0. The Hall–Kier alpha value is -1.67. The lowest BCUT2D eigenvalue weighted by Crippen LogP contribution is -1.83. The summed E-state index contributed by atoms with van der Waals surface area (Å²) >= 11 is 0.778. The molecule has 0 aromatic heterocycles. The fourth-order valence-corrected chi connectivity index (χ4v) is 2.25. The molecule has 0 heterocycles. The van der Waals surface area contributed by atoms with Gasteiger partial charge in [-0.05, 0) is 24.6 Å². The first kappa shape index (κ1) is 13.8. The fraction of sp³-hybridized carbons (Fsp3) is 0.167. The van der Waals surface area contributed by atoms with E-state index in [1.807, 2.05) is 19.1 Å². The van der Waals surface area contributed by atoms with Crippen LogP contribution in [0.15, 0.2) is 39.4 Å². The van der Waals surface area contributed by atoms with Gasteiger partial charge >= 0.3 is 0 Å². The second-order valence-corrected chi connectivity index (χ2v) is 4.57. The molecule has 0 aliphatic heterocycles. The van der Waals surface area contributed by atoms with Crippen LogP contribution in [0.25, 0.3) is 10.8 Å². The van der Waals surface area contributed by atoms with Crippen LogP contribution in [0.3, 0.4) is 0 Å². The van der Waals surface area contributed by atoms with E-state index in [1.54, 1.807) is 13.1 Å². The molecule has 0 radical (unpaired) electrons. The summed E-state index contributed by atoms with van der Waals surface area (Å²) in [5.41, 5.74) is 1.63. The number of rotatable bonds is 4. The van der Waals surface area contributed by atoms with E-state index >= 15 is 0 Å². The van der Waals surface area contributed by atoms with Crippen molar-refractivity contribution in [3.63, 3.8) is 0 Å². The van der Waals surface area contributed by atoms with E-state index in [0.29, 0.717) is 16.0 Å². The Morgan fingerprint density at radius 2 is 2.00 bits per heavy atom. The zero-order valence-corrected chi connectivity index (χ0v) is 11.1. The molecule has 0 atom stereocenters. The zero-order chi connectivity index (χ0) is 13.8. The molecular weight excluding hydrogens is 268 g/mol. The van der Waals surface area contributed by atoms with E-state index in [-0.39, 0.29) is 5.75 Å². The second-order valence-electron chi connectivity index (χ2n) is 3.79. The van der Waals surface area contributed by atoms with Crippen LogP contribution in [-0.4, -0.2) is 17.4 Å². The van der Waals surface area contributed by atoms with Crippen molar-refractivity contribution < 1.29 is 19.7 Å². The van der Waals surface area contributed by atoms with Crippen LogP contribution in [0.4, 0.5) is 5.69 Å². The van der Waals surface area contributed by atoms with Crippen LogP contribution in [0.5, 0.6) is 5.75 Å². The lowest BCUT2D eigenvalue weighted by molar-refractivity contribution is -0.432. The van der Waals surface area contributed by atoms with Gasteiger partial charge in [-0.25, -0.2) is 5.26 Å². The molecule has 2 aromatic rings. The summed E-state index contributed by atoms with van der Waals surface area (Å²) in [7, 11) is 1.58. The van der Waals surface area contributed by atoms with Crippen LogP contribution in [0, 0.1) is 6.92 Å². The largest absolute Gasteiger partial charge is 0.507 e. The maximum atomic E-state index is 9.99. The van der Waals surface area contributed by atoms with Gasteiger partial charge in [-0.15, -0.1) is 4.33 Å². The van der Waals surface area contributed by atoms with Crippen LogP contribution in [0.2, 0.25) is 0 Å². The van der Waals surface area contributed by atoms with Crippen LogP contribution in [-0.2, 0) is 9.37 Å². The Labute approximate surface area is 113 Å². The maximum absolute atomic E-state index is 9.99. The molecule has 2 aromatic carbocycles. The minimum Gasteiger partial charge on any atom is -0.507 e. The molecule has 6 nitrogen and oxygen atoms in total. The number of phenols is 1. The molecule has 0 unspecified atom stereocenters. The Morgan fingerprint density at radius 3 is 2.68 bits per heavy atom. The molecule has 0 bridgehead atoms. The van der Waals surface area contributed by atoms with Crippen molar-refractivity contribution in [2.75, 3.05) is 7.05 Å². The SMILES string of the molecule is CN=Nc1c(C)ccc2c(O)cc(SOOO)cc12. The van der Waals surface area contributed by atoms with Crippen LogP contribution < -0.4 is 0 Å². The molecule has 0 saturated heterocycles. The van der Waals surface area contributed by atoms with Crippen molar-refractivity contribution in [1.82, 2.24) is 0 Å². The Balaban J connectivity index is 2.64. The van der Waals surface area contributed by atoms with Crippen molar-refractivity contribution in [3.8, 4) is 5.75 Å². The number of phenolic OH excluding ortho intramolecular Hbond substituents is 1. The predicted octanol–water partition coefficient (Wildman–Crippen LogP) is 4.00. The van der Waals surface area contributed by atoms with E-state index in [0.717, 1.165) is 23.0 Å². The number of aromatic hydroxyl groups is 1. The molecule has 7 heteroatoms. The quantitative estimate of drug-likeness (QED) is 0.383. The van der Waals surface area contributed by atoms with Crippen molar-refractivity contribution in [2.45, 2.75) is 11.8 Å². The van der Waals surface area contributed by atoms with Gasteiger partial charge in [-0.1, -0.05) is 17.2 Å². The molecule has 0 amide bonds. The number of fused-ring (bicyclic) bond motifs is 1. The standard InChI is InChI=1S/C12H12N2O4S/c1-7-3-4-9-10(12(7)14-13-2)5-8(6-11(9)15)19-18-17-16/h3-6,15-16H,1-2H3. The van der Waals surface area contributed by atoms with Crippen molar-refractivity contribution in [3.05, 3.63) is 29.8 Å². The maximum Gasteiger partial charge on any atom is 0.124 e. The van der Waals surface area contributed by atoms with Crippen molar-refractivity contribution >= 4 is 28.5 Å². The van der Waals surface area contributed by atoms with Gasteiger partial charge in [-0.3, -0.25) is 0 Å². The average molecular weight is 280 g/mol. The summed E-state index contributed by atoms with van der Waals surface area (Å²) < 4.78 is 4.36. The molecule has 2 N–H and O–H groups in total. The van der Waals surface area contributed by atoms with Crippen LogP contribution in [0.1, 0.15) is 5.56 Å². The molecule has 0 saturated carbocycles. The van der Waals surface area contributed by atoms with Crippen molar-refractivity contribution in [2.24, 2.45) is 10.2 Å². The lowest BCUT2D eigenvalue weighted by atomic mass is 10.0. The minimum absolute atomic E-state index is 0.0918. The van der Waals surface area contributed by atoms with E-state index < -0.39 is 0 Å². The minimum atomic E-state index is 0.0918. The van der Waals surface area contributed by atoms with Gasteiger partial charge in [0.1, 0.15) is 5.75 Å². The Morgan fingerprint density at radius 1 is 1.21 bits per heavy atom. The molecule has 0 spiro atoms. The Bertz CT molecular complexity index is 631. The lowest BCUT2D eigenvalue weighted by Gasteiger charge is -2.08. The third-order valence-electron chi connectivity index (χ3n) is 2.62. The zero-order valence-electron chi connectivity index (χ0n) is 10.3. The average Bonchev–Trinajstić information content (AvgIpc) is 2.40. The normalized spacial score (nSPS) is 11.5. The van der Waals surface area contributed by atoms with Gasteiger partial charge in [0.05, 0.1) is 17.7 Å². The van der Waals surface area contributed by atoms with E-state index in [2.05, 4.69) is 19.6 Å². The number of aryl methyl sites for hydroxylation is 1. The number of nitrogens with zero attached hydrogens (tertiary/aromatic N) is 2. The van der Waals surface area contributed by atoms with E-state index in [4.69, 9.17) is 5.26 Å². The molecule has 0 aliphatic rings. The predicted molar refractivity (Wildman–Crippen MR) is 71.4 cm³/mol. The highest BCUT2D eigenvalue weighted by molar-refractivity contribution is 7.94. The highest BCUT2D eigenvalue weighted by atomic mass is 32.2. The Kier molecular flexibility index (Phi) is 4.33. The fourth-order valence-electron chi connectivity index (χ4n) is 1.82. The summed E-state index contributed by atoms with van der Waals surface area (Å²) in [6.07, 6.45) is 0. The van der Waals surface area contributed by atoms with Gasteiger partial charge in [0.2, 0.25) is 0 Å². The topological polar surface area (TPSA) is 83.6 Å². The highest BCUT2D eigenvalue weighted by Crippen LogP contribution is 2.38. The third kappa shape index (κ3) is 2.85. The monoisotopic (exact) mass is 280 g/mol. The number of hydrogen-bond donors (Lipinski definition) is 2. The van der Waals surface area contributed by atoms with E-state index in [9.17, 15) is 5.11 Å². The second kappa shape index (κ2) is 5.98. The summed E-state index contributed by atoms with van der Waals surface area (Å²) in [4.78, 5) is 0.567. The molecule has 2 rings (SSSR count). The van der Waals surface area contributed by atoms with Gasteiger partial charge in [0, 0.05) is 22.7 Å². The van der Waals surface area contributed by atoms with Gasteiger partial charge in [-0.2, -0.15) is 10.2 Å². The number of hydrogen-bond acceptors (Lipinski definition) is 7. The first-order chi connectivity index (χ1) is 9.17. The van der Waals surface area contributed by atoms with Gasteiger partial charge < -0.3 is 5.11 Å². The molecular formula is C12H12N2O4S. The smallest absolute Gasteiger partial charge is 0.124 e. The first-order valence-corrected chi connectivity index (χ1v) is 6.12. The van der Waals surface area contributed by atoms with Crippen molar-refractivity contribution in [1.29, 1.82) is 0 Å². The molecule has 100 valence electrons. The van der Waals surface area contributed by atoms with E-state index in [1.165, 1.54) is 6.07 Å². The van der Waals surface area contributed by atoms with Crippen LogP contribution >= 0.6 is 12.0 Å². The summed E-state index contributed by atoms with van der Waals surface area (Å²) in [6.45, 7) is 1.91. The summed E-state index contributed by atoms with van der Waals surface area (Å²) in [6, 6.07) is 6.96. The molecule has 0 fully saturated rings. The highest BCUT2D eigenvalue weighted by Gasteiger charge is 2.10. The number of azo groups is 1.